The van der Waals surface area contributed by atoms with Gasteiger partial charge in [0.15, 0.2) is 0 Å². The van der Waals surface area contributed by atoms with Crippen molar-refractivity contribution in [3.05, 3.63) is 75.7 Å². The summed E-state index contributed by atoms with van der Waals surface area (Å²) >= 11 is 1.68. The van der Waals surface area contributed by atoms with Crippen LogP contribution in [-0.2, 0) is 6.42 Å². The number of nitrogens with zero attached hydrogens (tertiary/aromatic N) is 2. The lowest BCUT2D eigenvalue weighted by Gasteiger charge is -2.19. The lowest BCUT2D eigenvalue weighted by atomic mass is 10.1. The number of aromatic nitrogens is 2. The number of amides is 2. The number of carbonyl (C=O) groups is 1. The van der Waals surface area contributed by atoms with Crippen LogP contribution in [0.3, 0.4) is 0 Å². The molecule has 0 aliphatic carbocycles. The van der Waals surface area contributed by atoms with Gasteiger partial charge in [-0.1, -0.05) is 36.4 Å². The van der Waals surface area contributed by atoms with E-state index >= 15 is 0 Å². The number of aryl methyl sites for hydroxylation is 2. The van der Waals surface area contributed by atoms with Gasteiger partial charge in [0, 0.05) is 23.7 Å². The number of urea groups is 1. The van der Waals surface area contributed by atoms with Crippen molar-refractivity contribution >= 4 is 17.4 Å². The van der Waals surface area contributed by atoms with Gasteiger partial charge in [-0.15, -0.1) is 11.3 Å². The highest BCUT2D eigenvalue weighted by molar-refractivity contribution is 7.10. The first-order valence-corrected chi connectivity index (χ1v) is 9.63. The zero-order valence-corrected chi connectivity index (χ0v) is 15.9. The topological polar surface area (TPSA) is 59.0 Å². The second-order valence-corrected chi connectivity index (χ2v) is 7.25. The van der Waals surface area contributed by atoms with Crippen molar-refractivity contribution in [1.82, 2.24) is 20.4 Å². The molecule has 1 atom stereocenters. The van der Waals surface area contributed by atoms with Gasteiger partial charge in [-0.3, -0.25) is 4.68 Å². The second-order valence-electron chi connectivity index (χ2n) is 6.28. The highest BCUT2D eigenvalue weighted by atomic mass is 32.1. The van der Waals surface area contributed by atoms with Crippen LogP contribution in [0, 0.1) is 13.8 Å². The first-order chi connectivity index (χ1) is 12.6. The highest BCUT2D eigenvalue weighted by Gasteiger charge is 2.19. The minimum absolute atomic E-state index is 0.00331. The molecule has 2 N–H and O–H groups in total. The van der Waals surface area contributed by atoms with Crippen LogP contribution in [0.5, 0.6) is 0 Å². The van der Waals surface area contributed by atoms with Crippen LogP contribution in [0.2, 0.25) is 0 Å². The fourth-order valence-corrected chi connectivity index (χ4v) is 3.78. The van der Waals surface area contributed by atoms with Gasteiger partial charge in [-0.2, -0.15) is 5.10 Å². The number of nitrogens with one attached hydrogen (secondary N) is 2. The van der Waals surface area contributed by atoms with E-state index in [1.807, 2.05) is 48.2 Å². The van der Waals surface area contributed by atoms with Crippen molar-refractivity contribution in [2.75, 3.05) is 13.1 Å². The molecule has 0 spiro atoms. The monoisotopic (exact) mass is 368 g/mol. The molecule has 0 bridgehead atoms. The van der Waals surface area contributed by atoms with Gasteiger partial charge in [0.2, 0.25) is 0 Å². The summed E-state index contributed by atoms with van der Waals surface area (Å²) in [5.74, 6) is 0. The predicted molar refractivity (Wildman–Crippen MR) is 106 cm³/mol. The molecule has 0 aliphatic heterocycles. The molecule has 3 rings (SSSR count). The SMILES string of the molecule is Cc1cc(C)n(C(CNC(=O)NCCc2ccccc2)c2cccs2)n1. The van der Waals surface area contributed by atoms with Crippen molar-refractivity contribution < 1.29 is 4.79 Å². The molecule has 0 saturated heterocycles. The molecule has 2 amide bonds. The molecule has 0 saturated carbocycles. The summed E-state index contributed by atoms with van der Waals surface area (Å²) in [7, 11) is 0. The molecule has 3 aromatic rings. The summed E-state index contributed by atoms with van der Waals surface area (Å²) in [6.45, 7) is 5.14. The first kappa shape index (κ1) is 18.2. The summed E-state index contributed by atoms with van der Waals surface area (Å²) in [6, 6.07) is 16.2. The van der Waals surface area contributed by atoms with Crippen molar-refractivity contribution in [2.45, 2.75) is 26.3 Å². The van der Waals surface area contributed by atoms with E-state index in [-0.39, 0.29) is 12.1 Å². The minimum Gasteiger partial charge on any atom is -0.338 e. The third-order valence-corrected chi connectivity index (χ3v) is 5.18. The van der Waals surface area contributed by atoms with Crippen LogP contribution < -0.4 is 10.6 Å². The molecule has 136 valence electrons. The van der Waals surface area contributed by atoms with E-state index in [0.29, 0.717) is 13.1 Å². The molecule has 26 heavy (non-hydrogen) atoms. The maximum absolute atomic E-state index is 12.2. The van der Waals surface area contributed by atoms with Crippen molar-refractivity contribution in [3.8, 4) is 0 Å². The van der Waals surface area contributed by atoms with E-state index in [1.54, 1.807) is 11.3 Å². The highest BCUT2D eigenvalue weighted by Crippen LogP contribution is 2.24. The fourth-order valence-electron chi connectivity index (χ4n) is 2.97. The van der Waals surface area contributed by atoms with E-state index in [9.17, 15) is 4.79 Å². The van der Waals surface area contributed by atoms with Crippen LogP contribution in [0.4, 0.5) is 4.79 Å². The Labute approximate surface area is 158 Å². The first-order valence-electron chi connectivity index (χ1n) is 8.75. The van der Waals surface area contributed by atoms with E-state index in [0.717, 1.165) is 17.8 Å². The molecule has 5 nitrogen and oxygen atoms in total. The molecule has 1 aromatic carbocycles. The Hall–Kier alpha value is -2.60. The lowest BCUT2D eigenvalue weighted by molar-refractivity contribution is 0.239. The van der Waals surface area contributed by atoms with Crippen molar-refractivity contribution in [3.63, 3.8) is 0 Å². The third kappa shape index (κ3) is 4.73. The van der Waals surface area contributed by atoms with Gasteiger partial charge in [-0.05, 0) is 43.3 Å². The maximum atomic E-state index is 12.2. The van der Waals surface area contributed by atoms with E-state index < -0.39 is 0 Å². The number of thiophene rings is 1. The summed E-state index contributed by atoms with van der Waals surface area (Å²) in [4.78, 5) is 13.4. The largest absolute Gasteiger partial charge is 0.338 e. The molecular weight excluding hydrogens is 344 g/mol. The molecule has 2 aromatic heterocycles. The van der Waals surface area contributed by atoms with Crippen LogP contribution in [0.1, 0.15) is 27.9 Å². The molecule has 6 heteroatoms. The van der Waals surface area contributed by atoms with Crippen molar-refractivity contribution in [1.29, 1.82) is 0 Å². The molecular formula is C20H24N4OS. The number of benzene rings is 1. The summed E-state index contributed by atoms with van der Waals surface area (Å²) in [6.07, 6.45) is 0.820. The third-order valence-electron chi connectivity index (χ3n) is 4.21. The Morgan fingerprint density at radius 3 is 2.62 bits per heavy atom. The van der Waals surface area contributed by atoms with Gasteiger partial charge < -0.3 is 10.6 Å². The predicted octanol–water partition coefficient (Wildman–Crippen LogP) is 3.69. The van der Waals surface area contributed by atoms with Gasteiger partial charge in [0.05, 0.1) is 5.69 Å². The zero-order valence-electron chi connectivity index (χ0n) is 15.1. The number of rotatable bonds is 7. The molecule has 2 heterocycles. The van der Waals surface area contributed by atoms with Crippen LogP contribution in [0.15, 0.2) is 53.9 Å². The summed E-state index contributed by atoms with van der Waals surface area (Å²) < 4.78 is 1.99. The van der Waals surface area contributed by atoms with E-state index in [2.05, 4.69) is 40.0 Å². The second kappa shape index (κ2) is 8.67. The Balaban J connectivity index is 1.56. The Morgan fingerprint density at radius 2 is 1.96 bits per heavy atom. The van der Waals surface area contributed by atoms with Crippen LogP contribution >= 0.6 is 11.3 Å². The standard InChI is InChI=1S/C20H24N4OS/c1-15-13-16(2)24(23-15)18(19-9-6-12-26-19)14-22-20(25)21-11-10-17-7-4-3-5-8-17/h3-9,12-13,18H,10-11,14H2,1-2H3,(H2,21,22,25). The molecule has 0 radical (unpaired) electrons. The maximum Gasteiger partial charge on any atom is 0.314 e. The van der Waals surface area contributed by atoms with Gasteiger partial charge in [0.1, 0.15) is 6.04 Å². The number of carbonyl (C=O) groups excluding carboxylic acids is 1. The Bertz CT molecular complexity index is 827. The zero-order chi connectivity index (χ0) is 18.4. The fraction of sp³-hybridized carbons (Fsp3) is 0.300. The summed E-state index contributed by atoms with van der Waals surface area (Å²) in [5.41, 5.74) is 3.29. The molecule has 0 aliphatic rings. The minimum atomic E-state index is -0.149. The average molecular weight is 369 g/mol. The Kier molecular flexibility index (Phi) is 6.07. The smallest absolute Gasteiger partial charge is 0.314 e. The molecule has 0 fully saturated rings. The number of hydrogen-bond acceptors (Lipinski definition) is 3. The lowest BCUT2D eigenvalue weighted by Crippen LogP contribution is -2.40. The van der Waals surface area contributed by atoms with Gasteiger partial charge in [0.25, 0.3) is 0 Å². The Morgan fingerprint density at radius 1 is 1.15 bits per heavy atom. The number of hydrogen-bond donors (Lipinski definition) is 2. The van der Waals surface area contributed by atoms with Crippen LogP contribution in [0.25, 0.3) is 0 Å². The summed E-state index contributed by atoms with van der Waals surface area (Å²) in [5, 5.41) is 12.6. The quantitative estimate of drug-likeness (QED) is 0.668. The van der Waals surface area contributed by atoms with E-state index in [1.165, 1.54) is 10.4 Å². The normalized spacial score (nSPS) is 11.9. The average Bonchev–Trinajstić information content (AvgIpc) is 3.26. The van der Waals surface area contributed by atoms with Gasteiger partial charge >= 0.3 is 6.03 Å². The van der Waals surface area contributed by atoms with E-state index in [4.69, 9.17) is 0 Å². The van der Waals surface area contributed by atoms with Crippen LogP contribution in [-0.4, -0.2) is 28.9 Å². The molecule has 1 unspecified atom stereocenters. The van der Waals surface area contributed by atoms with Crippen molar-refractivity contribution in [2.24, 2.45) is 0 Å². The van der Waals surface area contributed by atoms with Gasteiger partial charge in [-0.25, -0.2) is 4.79 Å².